The molecule has 0 unspecified atom stereocenters. The van der Waals surface area contributed by atoms with Crippen molar-refractivity contribution in [1.82, 2.24) is 9.97 Å². The van der Waals surface area contributed by atoms with Crippen molar-refractivity contribution in [2.24, 2.45) is 4.99 Å². The van der Waals surface area contributed by atoms with Crippen LogP contribution >= 0.6 is 11.6 Å². The first-order valence-electron chi connectivity index (χ1n) is 9.18. The van der Waals surface area contributed by atoms with E-state index in [1.807, 2.05) is 50.3 Å². The van der Waals surface area contributed by atoms with Gasteiger partial charge in [-0.1, -0.05) is 41.5 Å². The predicted octanol–water partition coefficient (Wildman–Crippen LogP) is 5.52. The van der Waals surface area contributed by atoms with Crippen LogP contribution < -0.4 is 10.1 Å². The number of nitrogens with zero attached hydrogens (tertiary/aromatic N) is 3. The molecule has 0 bridgehead atoms. The molecule has 2 heterocycles. The van der Waals surface area contributed by atoms with E-state index in [0.717, 1.165) is 29.1 Å². The molecule has 0 atom stereocenters. The van der Waals surface area contributed by atoms with Crippen molar-refractivity contribution in [3.05, 3.63) is 69.4 Å². The number of ether oxygens (including phenoxy) is 1. The summed E-state index contributed by atoms with van der Waals surface area (Å²) < 4.78 is 5.93. The molecule has 0 amide bonds. The highest BCUT2D eigenvalue weighted by molar-refractivity contribution is 6.33. The molecular formula is C22H21ClN4O. The zero-order chi connectivity index (χ0) is 19.7. The molecule has 4 rings (SSSR count). The molecule has 1 aliphatic heterocycles. The lowest BCUT2D eigenvalue weighted by molar-refractivity contribution is 0.441. The largest absolute Gasteiger partial charge is 0.423 e. The predicted molar refractivity (Wildman–Crippen MR) is 114 cm³/mol. The Hall–Kier alpha value is -2.92. The van der Waals surface area contributed by atoms with Gasteiger partial charge in [0.15, 0.2) is 0 Å². The van der Waals surface area contributed by atoms with E-state index in [9.17, 15) is 0 Å². The van der Waals surface area contributed by atoms with Gasteiger partial charge in [0.05, 0.1) is 11.6 Å². The number of nitrogens with one attached hydrogen (secondary N) is 1. The van der Waals surface area contributed by atoms with Crippen LogP contribution in [0.3, 0.4) is 0 Å². The first kappa shape index (κ1) is 18.4. The van der Waals surface area contributed by atoms with Crippen LogP contribution in [0, 0.1) is 6.92 Å². The van der Waals surface area contributed by atoms with Gasteiger partial charge < -0.3 is 10.1 Å². The molecule has 0 spiro atoms. The summed E-state index contributed by atoms with van der Waals surface area (Å²) >= 11 is 6.56. The van der Waals surface area contributed by atoms with Crippen LogP contribution in [0.15, 0.2) is 52.6 Å². The summed E-state index contributed by atoms with van der Waals surface area (Å²) in [5, 5.41) is 3.82. The van der Waals surface area contributed by atoms with Crippen molar-refractivity contribution in [3.8, 4) is 11.8 Å². The van der Waals surface area contributed by atoms with Gasteiger partial charge in [0.1, 0.15) is 17.4 Å². The molecular weight excluding hydrogens is 372 g/mol. The molecule has 5 nitrogen and oxygen atoms in total. The molecule has 1 N–H and O–H groups in total. The summed E-state index contributed by atoms with van der Waals surface area (Å²) in [7, 11) is 0. The number of hydrogen-bond donors (Lipinski definition) is 1. The van der Waals surface area contributed by atoms with Crippen LogP contribution in [0.25, 0.3) is 6.08 Å². The van der Waals surface area contributed by atoms with E-state index in [2.05, 4.69) is 33.3 Å². The lowest BCUT2D eigenvalue weighted by atomic mass is 10.1. The monoisotopic (exact) mass is 392 g/mol. The zero-order valence-electron chi connectivity index (χ0n) is 16.1. The Balaban J connectivity index is 1.56. The second-order valence-electron chi connectivity index (χ2n) is 6.94. The van der Waals surface area contributed by atoms with E-state index in [0.29, 0.717) is 23.1 Å². The Labute approximate surface area is 169 Å². The maximum Gasteiger partial charge on any atom is 0.324 e. The number of aromatic nitrogens is 2. The standard InChI is InChI=1S/C22H21ClN4O/c1-4-5-15-11-19(24-12-15)26-20-10-14(3)25-22(27-20)28-18-7-6-16-8-13(2)9-17(16)21(18)23/h4-7,9-11H,8,12H2,1-3H3,(H,24,25,26,27)/b5-4+. The molecule has 0 saturated carbocycles. The van der Waals surface area contributed by atoms with Crippen molar-refractivity contribution in [1.29, 1.82) is 0 Å². The smallest absolute Gasteiger partial charge is 0.324 e. The Kier molecular flexibility index (Phi) is 5.01. The van der Waals surface area contributed by atoms with Crippen LogP contribution in [0.4, 0.5) is 5.82 Å². The van der Waals surface area contributed by atoms with Gasteiger partial charge >= 0.3 is 6.01 Å². The molecule has 2 aliphatic rings. The van der Waals surface area contributed by atoms with Crippen molar-refractivity contribution in [3.63, 3.8) is 0 Å². The van der Waals surface area contributed by atoms with Crippen LogP contribution in [0.2, 0.25) is 5.02 Å². The molecule has 0 radical (unpaired) electrons. The highest BCUT2D eigenvalue weighted by atomic mass is 35.5. The first-order chi connectivity index (χ1) is 13.5. The van der Waals surface area contributed by atoms with Crippen LogP contribution in [0.5, 0.6) is 11.8 Å². The van der Waals surface area contributed by atoms with Crippen LogP contribution in [-0.2, 0) is 6.42 Å². The number of halogens is 1. The zero-order valence-corrected chi connectivity index (χ0v) is 16.8. The fourth-order valence-corrected chi connectivity index (χ4v) is 3.59. The Bertz CT molecular complexity index is 1070. The lowest BCUT2D eigenvalue weighted by Gasteiger charge is -2.11. The van der Waals surface area contributed by atoms with Gasteiger partial charge in [-0.25, -0.2) is 4.98 Å². The second kappa shape index (κ2) is 7.60. The van der Waals surface area contributed by atoms with Gasteiger partial charge in [-0.15, -0.1) is 0 Å². The van der Waals surface area contributed by atoms with Gasteiger partial charge in [0.25, 0.3) is 0 Å². The summed E-state index contributed by atoms with van der Waals surface area (Å²) in [5.74, 6) is 1.96. The fourth-order valence-electron chi connectivity index (χ4n) is 3.31. The maximum absolute atomic E-state index is 6.56. The van der Waals surface area contributed by atoms with E-state index < -0.39 is 0 Å². The third kappa shape index (κ3) is 3.85. The number of benzene rings is 1. The second-order valence-corrected chi connectivity index (χ2v) is 7.32. The fraction of sp³-hybridized carbons (Fsp3) is 0.227. The molecule has 142 valence electrons. The Morgan fingerprint density at radius 3 is 2.86 bits per heavy atom. The topological polar surface area (TPSA) is 59.4 Å². The minimum Gasteiger partial charge on any atom is -0.423 e. The average molecular weight is 393 g/mol. The third-order valence-corrected chi connectivity index (χ3v) is 4.91. The highest BCUT2D eigenvalue weighted by Gasteiger charge is 2.18. The summed E-state index contributed by atoms with van der Waals surface area (Å²) in [5.41, 5.74) is 5.46. The van der Waals surface area contributed by atoms with Gasteiger partial charge in [0.2, 0.25) is 0 Å². The van der Waals surface area contributed by atoms with Gasteiger partial charge in [-0.05, 0) is 50.5 Å². The van der Waals surface area contributed by atoms with Gasteiger partial charge in [-0.2, -0.15) is 4.98 Å². The van der Waals surface area contributed by atoms with E-state index in [1.54, 1.807) is 0 Å². The molecule has 0 fully saturated rings. The van der Waals surface area contributed by atoms with E-state index in [-0.39, 0.29) is 6.01 Å². The van der Waals surface area contributed by atoms with Gasteiger partial charge in [0, 0.05) is 17.3 Å². The van der Waals surface area contributed by atoms with Crippen molar-refractivity contribution in [2.45, 2.75) is 27.2 Å². The van der Waals surface area contributed by atoms with Crippen LogP contribution in [0.1, 0.15) is 30.7 Å². The summed E-state index contributed by atoms with van der Waals surface area (Å²) in [6, 6.07) is 6.02. The highest BCUT2D eigenvalue weighted by Crippen LogP contribution is 2.38. The molecule has 0 saturated heterocycles. The number of aryl methyl sites for hydroxylation is 1. The van der Waals surface area contributed by atoms with Crippen molar-refractivity contribution in [2.75, 3.05) is 11.9 Å². The molecule has 6 heteroatoms. The molecule has 1 aromatic carbocycles. The summed E-state index contributed by atoms with van der Waals surface area (Å²) in [6.45, 7) is 6.65. The molecule has 1 aliphatic carbocycles. The molecule has 1 aromatic heterocycles. The lowest BCUT2D eigenvalue weighted by Crippen LogP contribution is -2.09. The number of rotatable bonds is 4. The number of fused-ring (bicyclic) bond motifs is 1. The van der Waals surface area contributed by atoms with E-state index in [1.165, 1.54) is 11.1 Å². The maximum atomic E-state index is 6.56. The Morgan fingerprint density at radius 1 is 1.18 bits per heavy atom. The number of allylic oxidation sites excluding steroid dienone is 2. The normalized spacial score (nSPS) is 15.4. The number of aliphatic imine (C=N–C) groups is 1. The van der Waals surface area contributed by atoms with E-state index >= 15 is 0 Å². The summed E-state index contributed by atoms with van der Waals surface area (Å²) in [4.78, 5) is 13.3. The number of anilines is 1. The SMILES string of the molecule is C/C=C/C1=CC(Nc2cc(C)nc(Oc3ccc4c(c3Cl)C=C(C)C4)n2)=NC1. The average Bonchev–Trinajstić information content (AvgIpc) is 3.23. The Morgan fingerprint density at radius 2 is 2.04 bits per heavy atom. The van der Waals surface area contributed by atoms with Crippen molar-refractivity contribution >= 4 is 29.3 Å². The first-order valence-corrected chi connectivity index (χ1v) is 9.56. The van der Waals surface area contributed by atoms with Gasteiger partial charge in [-0.3, -0.25) is 4.99 Å². The molecule has 28 heavy (non-hydrogen) atoms. The minimum atomic E-state index is 0.249. The van der Waals surface area contributed by atoms with Crippen LogP contribution in [-0.4, -0.2) is 22.3 Å². The quantitative estimate of drug-likeness (QED) is 0.744. The van der Waals surface area contributed by atoms with Crippen molar-refractivity contribution < 1.29 is 4.74 Å². The number of amidine groups is 1. The number of hydrogen-bond acceptors (Lipinski definition) is 5. The molecule has 2 aromatic rings. The summed E-state index contributed by atoms with van der Waals surface area (Å²) in [6.07, 6.45) is 9.08. The third-order valence-electron chi connectivity index (χ3n) is 4.52. The minimum absolute atomic E-state index is 0.249. The van der Waals surface area contributed by atoms with E-state index in [4.69, 9.17) is 16.3 Å².